The number of nitrogens with zero attached hydrogens (tertiary/aromatic N) is 3. The van der Waals surface area contributed by atoms with E-state index in [0.717, 1.165) is 5.52 Å². The fourth-order valence-corrected chi connectivity index (χ4v) is 4.19. The number of aromatic nitrogens is 2. The monoisotopic (exact) mass is 352 g/mol. The third kappa shape index (κ3) is 3.14. The van der Waals surface area contributed by atoms with Gasteiger partial charge in [0.1, 0.15) is 5.82 Å². The summed E-state index contributed by atoms with van der Waals surface area (Å²) >= 11 is 0. The number of carbonyl (C=O) groups excluding carboxylic acids is 1. The standard InChI is InChI=1S/C15H19N3O5S/c1-17-13-3-2-11(24(21,22)18-6-8-23-9-7-18)10-12(13)16-14(17)4-5-15(19)20/h2-3,10H,4-9H2,1H3,(H,19,20)/p-1. The van der Waals surface area contributed by atoms with E-state index in [2.05, 4.69) is 4.98 Å². The second-order valence-corrected chi connectivity index (χ2v) is 7.56. The number of aliphatic carboxylic acids is 1. The van der Waals surface area contributed by atoms with E-state index in [0.29, 0.717) is 37.6 Å². The van der Waals surface area contributed by atoms with Gasteiger partial charge in [-0.25, -0.2) is 13.4 Å². The number of carboxylic acid groups (broad SMARTS) is 1. The fraction of sp³-hybridized carbons (Fsp3) is 0.467. The summed E-state index contributed by atoms with van der Waals surface area (Å²) in [5, 5.41) is 10.6. The van der Waals surface area contributed by atoms with Gasteiger partial charge in [-0.05, 0) is 24.6 Å². The number of carboxylic acids is 1. The third-order valence-corrected chi connectivity index (χ3v) is 6.00. The Morgan fingerprint density at radius 2 is 2.04 bits per heavy atom. The predicted octanol–water partition coefficient (Wildman–Crippen LogP) is -0.723. The van der Waals surface area contributed by atoms with Crippen molar-refractivity contribution in [2.75, 3.05) is 26.3 Å². The minimum absolute atomic E-state index is 0.129. The lowest BCUT2D eigenvalue weighted by Gasteiger charge is -2.26. The van der Waals surface area contributed by atoms with Crippen LogP contribution >= 0.6 is 0 Å². The molecule has 1 aliphatic heterocycles. The molecule has 1 aliphatic rings. The molecule has 0 radical (unpaired) electrons. The Labute approximate surface area is 139 Å². The van der Waals surface area contributed by atoms with Gasteiger partial charge in [-0.15, -0.1) is 0 Å². The number of imidazole rings is 1. The zero-order valence-electron chi connectivity index (χ0n) is 13.3. The van der Waals surface area contributed by atoms with Crippen LogP contribution in [-0.2, 0) is 33.0 Å². The van der Waals surface area contributed by atoms with Gasteiger partial charge in [0.2, 0.25) is 10.0 Å². The summed E-state index contributed by atoms with van der Waals surface area (Å²) in [4.78, 5) is 15.2. The molecule has 0 aliphatic carbocycles. The van der Waals surface area contributed by atoms with Gasteiger partial charge in [0.05, 0.1) is 29.1 Å². The normalized spacial score (nSPS) is 16.5. The summed E-state index contributed by atoms with van der Waals surface area (Å²) < 4.78 is 33.7. The van der Waals surface area contributed by atoms with Gasteiger partial charge in [0, 0.05) is 32.5 Å². The second kappa shape index (κ2) is 6.50. The molecule has 130 valence electrons. The maximum Gasteiger partial charge on any atom is 0.243 e. The zero-order chi connectivity index (χ0) is 17.3. The van der Waals surface area contributed by atoms with Crippen molar-refractivity contribution in [1.29, 1.82) is 0 Å². The van der Waals surface area contributed by atoms with E-state index < -0.39 is 16.0 Å². The summed E-state index contributed by atoms with van der Waals surface area (Å²) in [6, 6.07) is 4.78. The lowest BCUT2D eigenvalue weighted by molar-refractivity contribution is -0.305. The maximum atomic E-state index is 12.7. The Kier molecular flexibility index (Phi) is 4.57. The number of rotatable bonds is 5. The van der Waals surface area contributed by atoms with Crippen molar-refractivity contribution in [3.05, 3.63) is 24.0 Å². The van der Waals surface area contributed by atoms with Gasteiger partial charge >= 0.3 is 0 Å². The minimum atomic E-state index is -3.58. The first-order valence-electron chi connectivity index (χ1n) is 7.62. The summed E-state index contributed by atoms with van der Waals surface area (Å²) in [5.41, 5.74) is 1.28. The average Bonchev–Trinajstić information content (AvgIpc) is 2.89. The van der Waals surface area contributed by atoms with Crippen LogP contribution in [0.3, 0.4) is 0 Å². The topological polar surface area (TPSA) is 105 Å². The smallest absolute Gasteiger partial charge is 0.243 e. The molecule has 24 heavy (non-hydrogen) atoms. The molecule has 0 bridgehead atoms. The van der Waals surface area contributed by atoms with Crippen LogP contribution in [-0.4, -0.2) is 54.5 Å². The highest BCUT2D eigenvalue weighted by Crippen LogP contribution is 2.23. The van der Waals surface area contributed by atoms with Gasteiger partial charge in [-0.1, -0.05) is 0 Å². The van der Waals surface area contributed by atoms with Crippen LogP contribution in [0, 0.1) is 0 Å². The van der Waals surface area contributed by atoms with Crippen LogP contribution in [0.5, 0.6) is 0 Å². The predicted molar refractivity (Wildman–Crippen MR) is 83.6 cm³/mol. The number of carbonyl (C=O) groups is 1. The molecule has 1 saturated heterocycles. The first kappa shape index (κ1) is 16.9. The fourth-order valence-electron chi connectivity index (χ4n) is 2.76. The van der Waals surface area contributed by atoms with Gasteiger partial charge in [-0.3, -0.25) is 0 Å². The van der Waals surface area contributed by atoms with Crippen molar-refractivity contribution in [2.45, 2.75) is 17.7 Å². The first-order chi connectivity index (χ1) is 11.4. The molecule has 0 N–H and O–H groups in total. The van der Waals surface area contributed by atoms with E-state index in [4.69, 9.17) is 4.74 Å². The highest BCUT2D eigenvalue weighted by molar-refractivity contribution is 7.89. The van der Waals surface area contributed by atoms with E-state index in [9.17, 15) is 18.3 Å². The molecule has 2 aromatic rings. The number of hydrogen-bond acceptors (Lipinski definition) is 6. The molecule has 0 saturated carbocycles. The summed E-state index contributed by atoms with van der Waals surface area (Å²) in [7, 11) is -1.81. The van der Waals surface area contributed by atoms with E-state index in [1.54, 1.807) is 23.7 Å². The van der Waals surface area contributed by atoms with Crippen molar-refractivity contribution in [3.8, 4) is 0 Å². The highest BCUT2D eigenvalue weighted by Gasteiger charge is 2.26. The van der Waals surface area contributed by atoms with Crippen LogP contribution in [0.2, 0.25) is 0 Å². The minimum Gasteiger partial charge on any atom is -0.550 e. The average molecular weight is 352 g/mol. The molecular weight excluding hydrogens is 334 g/mol. The summed E-state index contributed by atoms with van der Waals surface area (Å²) in [5.74, 6) is -0.562. The van der Waals surface area contributed by atoms with Crippen molar-refractivity contribution >= 4 is 27.0 Å². The number of sulfonamides is 1. The van der Waals surface area contributed by atoms with Gasteiger partial charge in [-0.2, -0.15) is 4.31 Å². The van der Waals surface area contributed by atoms with E-state index in [-0.39, 0.29) is 17.7 Å². The number of morpholine rings is 1. The molecule has 8 nitrogen and oxygen atoms in total. The van der Waals surface area contributed by atoms with Crippen LogP contribution < -0.4 is 5.11 Å². The molecule has 1 aromatic carbocycles. The number of aryl methyl sites for hydroxylation is 2. The van der Waals surface area contributed by atoms with Crippen LogP contribution in [0.1, 0.15) is 12.2 Å². The Bertz CT molecular complexity index is 869. The molecule has 0 unspecified atom stereocenters. The van der Waals surface area contributed by atoms with Crippen molar-refractivity contribution in [2.24, 2.45) is 7.05 Å². The van der Waals surface area contributed by atoms with Crippen LogP contribution in [0.25, 0.3) is 11.0 Å². The molecule has 0 amide bonds. The molecule has 3 rings (SSSR count). The molecule has 9 heteroatoms. The highest BCUT2D eigenvalue weighted by atomic mass is 32.2. The van der Waals surface area contributed by atoms with Gasteiger partial charge in [0.15, 0.2) is 0 Å². The molecule has 0 atom stereocenters. The number of hydrogen-bond donors (Lipinski definition) is 0. The molecule has 1 fully saturated rings. The van der Waals surface area contributed by atoms with Gasteiger partial charge < -0.3 is 19.2 Å². The SMILES string of the molecule is Cn1c(CCC(=O)[O-])nc2cc(S(=O)(=O)N3CCOCC3)ccc21. The summed E-state index contributed by atoms with van der Waals surface area (Å²) in [6.07, 6.45) is 0.106. The van der Waals surface area contributed by atoms with Crippen LogP contribution in [0.15, 0.2) is 23.1 Å². The van der Waals surface area contributed by atoms with Crippen LogP contribution in [0.4, 0.5) is 0 Å². The Balaban J connectivity index is 1.94. The molecule has 1 aromatic heterocycles. The van der Waals surface area contributed by atoms with E-state index in [1.807, 2.05) is 0 Å². The van der Waals surface area contributed by atoms with E-state index in [1.165, 1.54) is 10.4 Å². The number of fused-ring (bicyclic) bond motifs is 1. The van der Waals surface area contributed by atoms with E-state index >= 15 is 0 Å². The zero-order valence-corrected chi connectivity index (χ0v) is 14.1. The molecule has 0 spiro atoms. The van der Waals surface area contributed by atoms with Gasteiger partial charge in [0.25, 0.3) is 0 Å². The van der Waals surface area contributed by atoms with Crippen molar-refractivity contribution in [1.82, 2.24) is 13.9 Å². The largest absolute Gasteiger partial charge is 0.550 e. The number of benzene rings is 1. The Morgan fingerprint density at radius 1 is 1.33 bits per heavy atom. The first-order valence-corrected chi connectivity index (χ1v) is 9.06. The molecular formula is C15H18N3O5S-. The molecule has 2 heterocycles. The second-order valence-electron chi connectivity index (χ2n) is 5.63. The Morgan fingerprint density at radius 3 is 2.71 bits per heavy atom. The van der Waals surface area contributed by atoms with Crippen molar-refractivity contribution < 1.29 is 23.1 Å². The Hall–Kier alpha value is -1.97. The lowest BCUT2D eigenvalue weighted by atomic mass is 10.3. The maximum absolute atomic E-state index is 12.7. The summed E-state index contributed by atoms with van der Waals surface area (Å²) in [6.45, 7) is 1.44. The third-order valence-electron chi connectivity index (χ3n) is 4.11. The lowest BCUT2D eigenvalue weighted by Crippen LogP contribution is -2.40. The van der Waals surface area contributed by atoms with Crippen molar-refractivity contribution in [3.63, 3.8) is 0 Å². The quantitative estimate of drug-likeness (QED) is 0.703. The number of ether oxygens (including phenoxy) is 1.